The molecule has 1 aromatic carbocycles. The molecule has 0 aromatic heterocycles. The van der Waals surface area contributed by atoms with E-state index in [4.69, 9.17) is 72.7 Å². The maximum Gasteiger partial charge on any atom is 0.407 e. The molecule has 262 valence electrons. The van der Waals surface area contributed by atoms with E-state index in [1.807, 2.05) is 0 Å². The normalized spacial score (nSPS) is 23.0. The van der Waals surface area contributed by atoms with Gasteiger partial charge in [0, 0.05) is 20.8 Å². The highest BCUT2D eigenvalue weighted by molar-refractivity contribution is 6.67. The number of alkyl halides is 3. The SMILES string of the molecule is C=CCOC(=O)NC(C)CO[C@H]1O[C@H](COC(C)=O)[C@@](OCc2ccccc2)(OC(C)=O)[C@H](OC(C)=O)[C@H]1NC(=O)OCC(Cl)(Cl)Cl. The minimum absolute atomic E-state index is 0.0451. The number of hydrogen-bond donors (Lipinski definition) is 2. The third kappa shape index (κ3) is 13.7. The summed E-state index contributed by atoms with van der Waals surface area (Å²) in [5, 5.41) is 4.96. The highest BCUT2D eigenvalue weighted by Gasteiger charge is 2.64. The average Bonchev–Trinajstić information content (AvgIpc) is 2.98. The number of esters is 3. The Morgan fingerprint density at radius 1 is 1.00 bits per heavy atom. The number of hydrogen-bond acceptors (Lipinski definition) is 13. The van der Waals surface area contributed by atoms with Gasteiger partial charge in [0.05, 0.1) is 19.3 Å². The number of carbonyl (C=O) groups is 5. The van der Waals surface area contributed by atoms with Crippen LogP contribution in [0.4, 0.5) is 9.59 Å². The molecular formula is C29H37Cl3N2O13. The molecule has 2 amide bonds. The summed E-state index contributed by atoms with van der Waals surface area (Å²) in [5.41, 5.74) is 0.597. The molecule has 0 aliphatic carbocycles. The molecule has 1 fully saturated rings. The molecule has 1 aromatic rings. The molecule has 1 heterocycles. The van der Waals surface area contributed by atoms with Crippen molar-refractivity contribution in [3.8, 4) is 0 Å². The van der Waals surface area contributed by atoms with Gasteiger partial charge in [-0.05, 0) is 12.5 Å². The van der Waals surface area contributed by atoms with Gasteiger partial charge in [0.15, 0.2) is 18.5 Å². The van der Waals surface area contributed by atoms with Gasteiger partial charge in [0.2, 0.25) is 3.79 Å². The number of halogens is 3. The molecule has 0 spiro atoms. The zero-order chi connectivity index (χ0) is 35.2. The minimum Gasteiger partial charge on any atom is -0.463 e. The standard InChI is InChI=1S/C29H37Cl3N2O13/c1-6-12-40-26(38)33-17(2)13-42-25-23(34-27(39)43-16-28(30,31)32)24(45-19(4)36)29(47-20(5)37,22(46-25)15-41-18(3)35)44-14-21-10-8-7-9-11-21/h6-11,17,22-25H,1,12-16H2,2-5H3,(H,33,38)(H,34,39)/t17?,22-,23-,24-,25+,29-/m1/s1. The van der Waals surface area contributed by atoms with Crippen LogP contribution in [0, 0.1) is 0 Å². The van der Waals surface area contributed by atoms with E-state index in [-0.39, 0.29) is 19.8 Å². The first-order chi connectivity index (χ1) is 22.1. The average molecular weight is 728 g/mol. The van der Waals surface area contributed by atoms with Gasteiger partial charge in [-0.3, -0.25) is 14.4 Å². The van der Waals surface area contributed by atoms with E-state index in [9.17, 15) is 24.0 Å². The third-order valence-corrected chi connectivity index (χ3v) is 6.29. The summed E-state index contributed by atoms with van der Waals surface area (Å²) in [6.07, 6.45) is -5.41. The first-order valence-corrected chi connectivity index (χ1v) is 15.2. The summed E-state index contributed by atoms with van der Waals surface area (Å²) < 4.78 is 42.8. The number of carbonyl (C=O) groups excluding carboxylic acids is 5. The highest BCUT2D eigenvalue weighted by atomic mass is 35.6. The molecule has 0 bridgehead atoms. The maximum absolute atomic E-state index is 13.0. The van der Waals surface area contributed by atoms with Gasteiger partial charge < -0.3 is 48.5 Å². The van der Waals surface area contributed by atoms with E-state index in [0.717, 1.165) is 20.8 Å². The fourth-order valence-electron chi connectivity index (χ4n) is 4.19. The second kappa shape index (κ2) is 18.9. The van der Waals surface area contributed by atoms with E-state index in [1.54, 1.807) is 37.3 Å². The molecule has 1 aliphatic heterocycles. The molecule has 2 N–H and O–H groups in total. The fraction of sp³-hybridized carbons (Fsp3) is 0.552. The lowest BCUT2D eigenvalue weighted by molar-refractivity contribution is -0.383. The maximum atomic E-state index is 13.0. The van der Waals surface area contributed by atoms with Crippen molar-refractivity contribution >= 4 is 64.9 Å². The first-order valence-electron chi connectivity index (χ1n) is 14.1. The summed E-state index contributed by atoms with van der Waals surface area (Å²) >= 11 is 17.2. The van der Waals surface area contributed by atoms with Crippen LogP contribution >= 0.6 is 34.8 Å². The summed E-state index contributed by atoms with van der Waals surface area (Å²) in [7, 11) is 0. The van der Waals surface area contributed by atoms with Crippen LogP contribution in [0.5, 0.6) is 0 Å². The van der Waals surface area contributed by atoms with Crippen LogP contribution in [0.2, 0.25) is 0 Å². The van der Waals surface area contributed by atoms with Crippen LogP contribution in [0.1, 0.15) is 33.3 Å². The lowest BCUT2D eigenvalue weighted by Crippen LogP contribution is -2.74. The Morgan fingerprint density at radius 2 is 1.68 bits per heavy atom. The monoisotopic (exact) mass is 726 g/mol. The predicted octanol–water partition coefficient (Wildman–Crippen LogP) is 3.46. The Kier molecular flexibility index (Phi) is 16.0. The molecule has 47 heavy (non-hydrogen) atoms. The second-order valence-electron chi connectivity index (χ2n) is 10.0. The van der Waals surface area contributed by atoms with Gasteiger partial charge in [0.25, 0.3) is 5.79 Å². The Labute approximate surface area is 286 Å². The topological polar surface area (TPSA) is 183 Å². The van der Waals surface area contributed by atoms with E-state index < -0.39 is 83.5 Å². The molecule has 1 unspecified atom stereocenters. The van der Waals surface area contributed by atoms with Crippen LogP contribution in [-0.4, -0.2) is 96.7 Å². The lowest BCUT2D eigenvalue weighted by atomic mass is 9.91. The quantitative estimate of drug-likeness (QED) is 0.0882. The molecule has 0 radical (unpaired) electrons. The summed E-state index contributed by atoms with van der Waals surface area (Å²) in [6, 6.07) is 6.36. The van der Waals surface area contributed by atoms with Gasteiger partial charge >= 0.3 is 30.1 Å². The van der Waals surface area contributed by atoms with Crippen molar-refractivity contribution in [3.63, 3.8) is 0 Å². The van der Waals surface area contributed by atoms with Crippen molar-refractivity contribution in [2.24, 2.45) is 0 Å². The van der Waals surface area contributed by atoms with Crippen molar-refractivity contribution in [2.75, 3.05) is 26.4 Å². The largest absolute Gasteiger partial charge is 0.463 e. The molecule has 0 saturated carbocycles. The van der Waals surface area contributed by atoms with E-state index >= 15 is 0 Å². The predicted molar refractivity (Wildman–Crippen MR) is 165 cm³/mol. The van der Waals surface area contributed by atoms with Crippen molar-refractivity contribution in [1.29, 1.82) is 0 Å². The number of benzene rings is 1. The van der Waals surface area contributed by atoms with Crippen LogP contribution < -0.4 is 10.6 Å². The summed E-state index contributed by atoms with van der Waals surface area (Å²) in [6.45, 7) is 6.43. The molecule has 1 saturated heterocycles. The third-order valence-electron chi connectivity index (χ3n) is 5.96. The zero-order valence-electron chi connectivity index (χ0n) is 26.0. The van der Waals surface area contributed by atoms with Gasteiger partial charge in [-0.15, -0.1) is 0 Å². The Bertz CT molecular complexity index is 1230. The molecule has 6 atom stereocenters. The molecule has 2 rings (SSSR count). The van der Waals surface area contributed by atoms with Gasteiger partial charge in [0.1, 0.15) is 25.9 Å². The van der Waals surface area contributed by atoms with Gasteiger partial charge in [-0.1, -0.05) is 77.8 Å². The van der Waals surface area contributed by atoms with Crippen LogP contribution in [-0.2, 0) is 58.9 Å². The lowest BCUT2D eigenvalue weighted by Gasteiger charge is -2.51. The molecule has 15 nitrogen and oxygen atoms in total. The van der Waals surface area contributed by atoms with Gasteiger partial charge in [-0.2, -0.15) is 0 Å². The van der Waals surface area contributed by atoms with E-state index in [1.165, 1.54) is 6.08 Å². The Balaban J connectivity index is 2.60. The number of alkyl carbamates (subject to hydrolysis) is 2. The number of nitrogens with one attached hydrogen (secondary N) is 2. The van der Waals surface area contributed by atoms with Crippen LogP contribution in [0.3, 0.4) is 0 Å². The molecule has 1 aliphatic rings. The summed E-state index contributed by atoms with van der Waals surface area (Å²) in [5.74, 6) is -4.92. The smallest absolute Gasteiger partial charge is 0.407 e. The van der Waals surface area contributed by atoms with E-state index in [0.29, 0.717) is 5.56 Å². The van der Waals surface area contributed by atoms with Crippen molar-refractivity contribution in [3.05, 3.63) is 48.6 Å². The Hall–Kier alpha value is -3.34. The van der Waals surface area contributed by atoms with E-state index in [2.05, 4.69) is 17.2 Å². The molecule has 18 heteroatoms. The minimum atomic E-state index is -2.37. The van der Waals surface area contributed by atoms with Crippen molar-refractivity contribution in [1.82, 2.24) is 10.6 Å². The van der Waals surface area contributed by atoms with Crippen LogP contribution in [0.25, 0.3) is 0 Å². The van der Waals surface area contributed by atoms with Crippen LogP contribution in [0.15, 0.2) is 43.0 Å². The molecular weight excluding hydrogens is 691 g/mol. The van der Waals surface area contributed by atoms with Crippen molar-refractivity contribution < 1.29 is 61.9 Å². The summed E-state index contributed by atoms with van der Waals surface area (Å²) in [4.78, 5) is 62.0. The highest BCUT2D eigenvalue weighted by Crippen LogP contribution is 2.39. The number of rotatable bonds is 15. The Morgan fingerprint density at radius 3 is 2.26 bits per heavy atom. The second-order valence-corrected chi connectivity index (χ2v) is 12.6. The zero-order valence-corrected chi connectivity index (χ0v) is 28.3. The van der Waals surface area contributed by atoms with Crippen molar-refractivity contribution in [2.45, 2.75) is 74.5 Å². The van der Waals surface area contributed by atoms with Gasteiger partial charge in [-0.25, -0.2) is 9.59 Å². The first kappa shape index (κ1) is 39.8. The fourth-order valence-corrected chi connectivity index (χ4v) is 4.36. The number of ether oxygens (including phenoxy) is 8. The number of amides is 2.